The Labute approximate surface area is 99.0 Å². The molecule has 2 rings (SSSR count). The van der Waals surface area contributed by atoms with E-state index in [0.29, 0.717) is 22.9 Å². The van der Waals surface area contributed by atoms with Crippen molar-refractivity contribution in [1.82, 2.24) is 9.78 Å². The van der Waals surface area contributed by atoms with Crippen molar-refractivity contribution in [2.75, 3.05) is 5.73 Å². The first kappa shape index (κ1) is 11.0. The number of nitrogens with zero attached hydrogens (tertiary/aromatic N) is 3. The van der Waals surface area contributed by atoms with Gasteiger partial charge in [0.05, 0.1) is 17.3 Å². The molecule has 0 saturated carbocycles. The lowest BCUT2D eigenvalue weighted by molar-refractivity contribution is 0.432. The van der Waals surface area contributed by atoms with Crippen LogP contribution in [0.4, 0.5) is 5.69 Å². The number of nitriles is 1. The molecular formula is C12H12N4O. The van der Waals surface area contributed by atoms with Crippen LogP contribution in [0.2, 0.25) is 0 Å². The molecular weight excluding hydrogens is 216 g/mol. The molecule has 2 N–H and O–H groups in total. The summed E-state index contributed by atoms with van der Waals surface area (Å²) in [5.41, 5.74) is 7.62. The van der Waals surface area contributed by atoms with Crippen molar-refractivity contribution in [3.8, 4) is 17.7 Å². The normalized spacial score (nSPS) is 9.94. The largest absolute Gasteiger partial charge is 0.437 e. The van der Waals surface area contributed by atoms with Gasteiger partial charge in [-0.1, -0.05) is 6.07 Å². The van der Waals surface area contributed by atoms with Crippen molar-refractivity contribution in [2.24, 2.45) is 7.05 Å². The van der Waals surface area contributed by atoms with Crippen LogP contribution in [0.3, 0.4) is 0 Å². The molecule has 0 aliphatic heterocycles. The van der Waals surface area contributed by atoms with E-state index >= 15 is 0 Å². The highest BCUT2D eigenvalue weighted by atomic mass is 16.5. The predicted molar refractivity (Wildman–Crippen MR) is 63.6 cm³/mol. The van der Waals surface area contributed by atoms with Crippen molar-refractivity contribution in [3.63, 3.8) is 0 Å². The maximum atomic E-state index is 8.79. The third kappa shape index (κ3) is 2.06. The molecule has 0 bridgehead atoms. The lowest BCUT2D eigenvalue weighted by Gasteiger charge is -2.06. The maximum absolute atomic E-state index is 8.79. The van der Waals surface area contributed by atoms with Crippen molar-refractivity contribution < 1.29 is 4.74 Å². The van der Waals surface area contributed by atoms with E-state index in [9.17, 15) is 0 Å². The number of aryl methyl sites for hydroxylation is 2. The van der Waals surface area contributed by atoms with Crippen molar-refractivity contribution in [3.05, 3.63) is 35.5 Å². The number of benzene rings is 1. The van der Waals surface area contributed by atoms with Gasteiger partial charge in [-0.2, -0.15) is 10.4 Å². The first-order valence-electron chi connectivity index (χ1n) is 5.09. The average molecular weight is 228 g/mol. The molecule has 0 spiro atoms. The lowest BCUT2D eigenvalue weighted by atomic mass is 10.2. The minimum Gasteiger partial charge on any atom is -0.437 e. The van der Waals surface area contributed by atoms with Gasteiger partial charge in [-0.05, 0) is 25.1 Å². The maximum Gasteiger partial charge on any atom is 0.241 e. The summed E-state index contributed by atoms with van der Waals surface area (Å²) in [6.45, 7) is 1.81. The summed E-state index contributed by atoms with van der Waals surface area (Å²) >= 11 is 0. The van der Waals surface area contributed by atoms with Crippen LogP contribution < -0.4 is 10.5 Å². The second-order valence-electron chi connectivity index (χ2n) is 3.67. The Hall–Kier alpha value is -2.48. The van der Waals surface area contributed by atoms with Gasteiger partial charge in [0.1, 0.15) is 11.4 Å². The third-order valence-corrected chi connectivity index (χ3v) is 2.39. The molecule has 1 heterocycles. The summed E-state index contributed by atoms with van der Waals surface area (Å²) in [6.07, 6.45) is 0. The molecule has 0 aliphatic carbocycles. The smallest absolute Gasteiger partial charge is 0.241 e. The molecule has 5 nitrogen and oxygen atoms in total. The topological polar surface area (TPSA) is 76.9 Å². The molecule has 1 aromatic heterocycles. The minimum atomic E-state index is 0.484. The van der Waals surface area contributed by atoms with Crippen LogP contribution in [0, 0.1) is 18.3 Å². The standard InChI is InChI=1S/C12H12N4O/c1-8-11(14)12(16(2)15-8)17-10-5-3-4-9(6-10)7-13/h3-6H,14H2,1-2H3. The van der Waals surface area contributed by atoms with E-state index in [-0.39, 0.29) is 0 Å². The van der Waals surface area contributed by atoms with Crippen LogP contribution in [0.5, 0.6) is 11.6 Å². The van der Waals surface area contributed by atoms with E-state index < -0.39 is 0 Å². The zero-order chi connectivity index (χ0) is 12.4. The van der Waals surface area contributed by atoms with Crippen molar-refractivity contribution in [2.45, 2.75) is 6.92 Å². The van der Waals surface area contributed by atoms with Gasteiger partial charge in [0.15, 0.2) is 0 Å². The highest BCUT2D eigenvalue weighted by Gasteiger charge is 2.12. The summed E-state index contributed by atoms with van der Waals surface area (Å²) in [6, 6.07) is 8.95. The Bertz CT molecular complexity index is 595. The molecule has 0 unspecified atom stereocenters. The fourth-order valence-corrected chi connectivity index (χ4v) is 1.52. The van der Waals surface area contributed by atoms with Gasteiger partial charge in [-0.25, -0.2) is 4.68 Å². The second-order valence-corrected chi connectivity index (χ2v) is 3.67. The summed E-state index contributed by atoms with van der Waals surface area (Å²) in [7, 11) is 1.76. The number of aromatic nitrogens is 2. The van der Waals surface area contributed by atoms with E-state index in [1.54, 1.807) is 36.0 Å². The number of hydrogen-bond donors (Lipinski definition) is 1. The third-order valence-electron chi connectivity index (χ3n) is 2.39. The Balaban J connectivity index is 2.35. The lowest BCUT2D eigenvalue weighted by Crippen LogP contribution is -1.97. The van der Waals surface area contributed by atoms with Gasteiger partial charge >= 0.3 is 0 Å². The number of rotatable bonds is 2. The minimum absolute atomic E-state index is 0.484. The molecule has 2 aromatic rings. The first-order valence-corrected chi connectivity index (χ1v) is 5.09. The Morgan fingerprint density at radius 3 is 2.82 bits per heavy atom. The Kier molecular flexibility index (Phi) is 2.71. The van der Waals surface area contributed by atoms with Crippen LogP contribution in [0.1, 0.15) is 11.3 Å². The number of ether oxygens (including phenoxy) is 1. The first-order chi connectivity index (χ1) is 8.11. The van der Waals surface area contributed by atoms with Crippen LogP contribution in [-0.4, -0.2) is 9.78 Å². The van der Waals surface area contributed by atoms with Crippen LogP contribution in [-0.2, 0) is 7.05 Å². The van der Waals surface area contributed by atoms with Gasteiger partial charge in [-0.15, -0.1) is 0 Å². The molecule has 17 heavy (non-hydrogen) atoms. The Morgan fingerprint density at radius 1 is 1.47 bits per heavy atom. The van der Waals surface area contributed by atoms with Gasteiger partial charge in [0.25, 0.3) is 0 Å². The molecule has 86 valence electrons. The Morgan fingerprint density at radius 2 is 2.24 bits per heavy atom. The zero-order valence-electron chi connectivity index (χ0n) is 9.64. The summed E-state index contributed by atoms with van der Waals surface area (Å²) in [5, 5.41) is 12.9. The van der Waals surface area contributed by atoms with Crippen molar-refractivity contribution >= 4 is 5.69 Å². The number of hydrogen-bond acceptors (Lipinski definition) is 4. The van der Waals surface area contributed by atoms with Crippen molar-refractivity contribution in [1.29, 1.82) is 5.26 Å². The van der Waals surface area contributed by atoms with E-state index in [4.69, 9.17) is 15.7 Å². The average Bonchev–Trinajstić information content (AvgIpc) is 2.56. The molecule has 0 radical (unpaired) electrons. The van der Waals surface area contributed by atoms with Crippen LogP contribution >= 0.6 is 0 Å². The van der Waals surface area contributed by atoms with Crippen LogP contribution in [0.15, 0.2) is 24.3 Å². The molecule has 0 saturated heterocycles. The van der Waals surface area contributed by atoms with Gasteiger partial charge in [0.2, 0.25) is 5.88 Å². The fourth-order valence-electron chi connectivity index (χ4n) is 1.52. The van der Waals surface area contributed by atoms with Gasteiger partial charge < -0.3 is 10.5 Å². The molecule has 1 aromatic carbocycles. The SMILES string of the molecule is Cc1nn(C)c(Oc2cccc(C#N)c2)c1N. The fraction of sp³-hybridized carbons (Fsp3) is 0.167. The molecule has 0 atom stereocenters. The quantitative estimate of drug-likeness (QED) is 0.852. The molecule has 0 aliphatic rings. The van der Waals surface area contributed by atoms with E-state index in [1.165, 1.54) is 0 Å². The van der Waals surface area contributed by atoms with E-state index in [0.717, 1.165) is 5.69 Å². The van der Waals surface area contributed by atoms with Gasteiger partial charge in [0, 0.05) is 7.05 Å². The number of nitrogens with two attached hydrogens (primary N) is 1. The highest BCUT2D eigenvalue weighted by molar-refractivity contribution is 5.54. The highest BCUT2D eigenvalue weighted by Crippen LogP contribution is 2.29. The van der Waals surface area contributed by atoms with Gasteiger partial charge in [-0.3, -0.25) is 0 Å². The number of anilines is 1. The molecule has 0 amide bonds. The summed E-state index contributed by atoms with van der Waals surface area (Å²) in [5.74, 6) is 1.05. The molecule has 0 fully saturated rings. The zero-order valence-corrected chi connectivity index (χ0v) is 9.64. The summed E-state index contributed by atoms with van der Waals surface area (Å²) < 4.78 is 7.20. The monoisotopic (exact) mass is 228 g/mol. The molecule has 5 heteroatoms. The van der Waals surface area contributed by atoms with E-state index in [1.807, 2.05) is 6.92 Å². The van der Waals surface area contributed by atoms with Crippen LogP contribution in [0.25, 0.3) is 0 Å². The summed E-state index contributed by atoms with van der Waals surface area (Å²) in [4.78, 5) is 0. The number of nitrogen functional groups attached to an aromatic ring is 1. The predicted octanol–water partition coefficient (Wildman–Crippen LogP) is 1.97. The van der Waals surface area contributed by atoms with E-state index in [2.05, 4.69) is 11.2 Å². The second kappa shape index (κ2) is 4.18.